The summed E-state index contributed by atoms with van der Waals surface area (Å²) >= 11 is 5.66. The van der Waals surface area contributed by atoms with Crippen LogP contribution in [-0.4, -0.2) is 31.7 Å². The molecule has 0 saturated heterocycles. The Kier molecular flexibility index (Phi) is 5.85. The lowest BCUT2D eigenvalue weighted by atomic mass is 10.1. The Hall–Kier alpha value is -4.10. The number of hydrogen-bond acceptors (Lipinski definition) is 6. The van der Waals surface area contributed by atoms with Crippen LogP contribution in [0.25, 0.3) is 11.3 Å². The number of pyridine rings is 1. The number of nitriles is 1. The Morgan fingerprint density at radius 2 is 2.00 bits per heavy atom. The lowest BCUT2D eigenvalue weighted by Crippen LogP contribution is -2.29. The van der Waals surface area contributed by atoms with Gasteiger partial charge in [-0.1, -0.05) is 17.7 Å². The molecule has 0 unspecified atom stereocenters. The lowest BCUT2D eigenvalue weighted by molar-refractivity contribution is -0.117. The number of halogens is 2. The summed E-state index contributed by atoms with van der Waals surface area (Å²) in [6, 6.07) is 10.3. The highest BCUT2D eigenvalue weighted by molar-refractivity contribution is 6.30. The maximum absolute atomic E-state index is 13.7. The summed E-state index contributed by atoms with van der Waals surface area (Å²) in [6.45, 7) is -0.524. The van der Waals surface area contributed by atoms with Gasteiger partial charge in [0.2, 0.25) is 5.91 Å². The first-order valence-electron chi connectivity index (χ1n) is 8.26. The van der Waals surface area contributed by atoms with E-state index in [0.29, 0.717) is 5.56 Å². The highest BCUT2D eigenvalue weighted by Crippen LogP contribution is 2.22. The number of hydrogen-bond donors (Lipinski definition) is 2. The zero-order valence-electron chi connectivity index (χ0n) is 15.0. The SMILES string of the molecule is N#Cc1cc(C(=O)O)cc(NC(=O)Cn2nc(-c3ccc(Cl)c(F)c3)ccc2=O)n1. The number of aromatic nitrogens is 3. The van der Waals surface area contributed by atoms with Crippen molar-refractivity contribution in [1.82, 2.24) is 14.8 Å². The first-order chi connectivity index (χ1) is 14.3. The van der Waals surface area contributed by atoms with E-state index in [-0.39, 0.29) is 27.8 Å². The molecule has 2 aromatic heterocycles. The number of nitrogens with one attached hydrogen (secondary N) is 1. The van der Waals surface area contributed by atoms with E-state index in [2.05, 4.69) is 15.4 Å². The van der Waals surface area contributed by atoms with Crippen LogP contribution < -0.4 is 10.9 Å². The average molecular weight is 428 g/mol. The number of carboxylic acids is 1. The second-order valence-electron chi connectivity index (χ2n) is 5.93. The number of aromatic carboxylic acids is 1. The molecule has 1 aromatic carbocycles. The van der Waals surface area contributed by atoms with Crippen molar-refractivity contribution in [3.8, 4) is 17.3 Å². The monoisotopic (exact) mass is 427 g/mol. The van der Waals surface area contributed by atoms with Crippen molar-refractivity contribution in [3.05, 3.63) is 74.9 Å². The fourth-order valence-corrected chi connectivity index (χ4v) is 2.58. The van der Waals surface area contributed by atoms with Gasteiger partial charge in [-0.05, 0) is 30.3 Å². The van der Waals surface area contributed by atoms with Gasteiger partial charge < -0.3 is 10.4 Å². The minimum Gasteiger partial charge on any atom is -0.478 e. The number of nitrogens with zero attached hydrogens (tertiary/aromatic N) is 4. The van der Waals surface area contributed by atoms with Crippen LogP contribution in [0.15, 0.2) is 47.3 Å². The van der Waals surface area contributed by atoms with Gasteiger partial charge in [0.15, 0.2) is 0 Å². The molecular formula is C19H11ClFN5O4. The van der Waals surface area contributed by atoms with Crippen molar-refractivity contribution in [2.75, 3.05) is 5.32 Å². The molecule has 0 atom stereocenters. The largest absolute Gasteiger partial charge is 0.478 e. The third-order valence-corrected chi connectivity index (χ3v) is 4.14. The van der Waals surface area contributed by atoms with E-state index < -0.39 is 29.8 Å². The van der Waals surface area contributed by atoms with Crippen LogP contribution >= 0.6 is 11.6 Å². The molecule has 1 amide bonds. The van der Waals surface area contributed by atoms with Gasteiger partial charge >= 0.3 is 5.97 Å². The maximum Gasteiger partial charge on any atom is 0.335 e. The Morgan fingerprint density at radius 3 is 2.67 bits per heavy atom. The van der Waals surface area contributed by atoms with Gasteiger partial charge in [-0.2, -0.15) is 10.4 Å². The zero-order valence-corrected chi connectivity index (χ0v) is 15.7. The number of rotatable bonds is 5. The van der Waals surface area contributed by atoms with Crippen LogP contribution in [0.1, 0.15) is 16.1 Å². The van der Waals surface area contributed by atoms with Crippen molar-refractivity contribution in [3.63, 3.8) is 0 Å². The maximum atomic E-state index is 13.7. The van der Waals surface area contributed by atoms with Gasteiger partial charge in [-0.15, -0.1) is 0 Å². The van der Waals surface area contributed by atoms with Crippen molar-refractivity contribution < 1.29 is 19.1 Å². The molecule has 0 bridgehead atoms. The molecule has 0 spiro atoms. The van der Waals surface area contributed by atoms with Gasteiger partial charge in [0, 0.05) is 11.6 Å². The summed E-state index contributed by atoms with van der Waals surface area (Å²) in [5.41, 5.74) is -0.448. The summed E-state index contributed by atoms with van der Waals surface area (Å²) in [6.07, 6.45) is 0. The molecule has 0 saturated carbocycles. The number of carbonyl (C=O) groups is 2. The van der Waals surface area contributed by atoms with E-state index in [1.807, 2.05) is 0 Å². The molecule has 0 aliphatic rings. The molecule has 3 aromatic rings. The van der Waals surface area contributed by atoms with Crippen molar-refractivity contribution in [1.29, 1.82) is 5.26 Å². The molecule has 0 aliphatic heterocycles. The van der Waals surface area contributed by atoms with Gasteiger partial charge in [-0.3, -0.25) is 9.59 Å². The van der Waals surface area contributed by atoms with E-state index in [0.717, 1.165) is 22.9 Å². The summed E-state index contributed by atoms with van der Waals surface area (Å²) in [5.74, 6) is -2.86. The van der Waals surface area contributed by atoms with Gasteiger partial charge in [-0.25, -0.2) is 18.9 Å². The summed E-state index contributed by atoms with van der Waals surface area (Å²) < 4.78 is 14.5. The van der Waals surface area contributed by atoms with Crippen LogP contribution in [0.4, 0.5) is 10.2 Å². The van der Waals surface area contributed by atoms with Crippen LogP contribution in [0, 0.1) is 17.1 Å². The van der Waals surface area contributed by atoms with Crippen LogP contribution in [0.3, 0.4) is 0 Å². The van der Waals surface area contributed by atoms with Crippen molar-refractivity contribution in [2.45, 2.75) is 6.54 Å². The molecule has 2 heterocycles. The predicted molar refractivity (Wildman–Crippen MR) is 103 cm³/mol. The standard InChI is InChI=1S/C19H11ClFN5O4/c20-13-2-1-10(6-14(13)21)15-3-4-18(28)26(25-15)9-17(27)24-16-7-11(19(29)30)5-12(8-22)23-16/h1-7H,9H2,(H,29,30)(H,23,24,27). The topological polar surface area (TPSA) is 138 Å². The molecule has 9 nitrogen and oxygen atoms in total. The van der Waals surface area contributed by atoms with Gasteiger partial charge in [0.05, 0.1) is 16.3 Å². The number of carboxylic acid groups (broad SMARTS) is 1. The second-order valence-corrected chi connectivity index (χ2v) is 6.34. The van der Waals surface area contributed by atoms with E-state index in [1.165, 1.54) is 24.3 Å². The first-order valence-corrected chi connectivity index (χ1v) is 8.63. The Balaban J connectivity index is 1.84. The van der Waals surface area contributed by atoms with Crippen LogP contribution in [0.2, 0.25) is 5.02 Å². The molecule has 3 rings (SSSR count). The Labute approximate surface area is 173 Å². The third kappa shape index (κ3) is 4.65. The van der Waals surface area contributed by atoms with E-state index in [9.17, 15) is 18.8 Å². The zero-order chi connectivity index (χ0) is 21.8. The highest BCUT2D eigenvalue weighted by Gasteiger charge is 2.13. The summed E-state index contributed by atoms with van der Waals surface area (Å²) in [7, 11) is 0. The Morgan fingerprint density at radius 1 is 1.23 bits per heavy atom. The molecule has 0 fully saturated rings. The van der Waals surface area contributed by atoms with Crippen molar-refractivity contribution >= 4 is 29.3 Å². The van der Waals surface area contributed by atoms with Crippen LogP contribution in [0.5, 0.6) is 0 Å². The number of amides is 1. The molecule has 0 aliphatic carbocycles. The summed E-state index contributed by atoms with van der Waals surface area (Å²) in [5, 5.41) is 24.3. The molecule has 2 N–H and O–H groups in total. The van der Waals surface area contributed by atoms with Gasteiger partial charge in [0.25, 0.3) is 5.56 Å². The molecule has 0 radical (unpaired) electrons. The van der Waals surface area contributed by atoms with E-state index >= 15 is 0 Å². The van der Waals surface area contributed by atoms with Crippen molar-refractivity contribution in [2.24, 2.45) is 0 Å². The quantitative estimate of drug-likeness (QED) is 0.637. The highest BCUT2D eigenvalue weighted by atomic mass is 35.5. The molecule has 30 heavy (non-hydrogen) atoms. The summed E-state index contributed by atoms with van der Waals surface area (Å²) in [4.78, 5) is 39.3. The fraction of sp³-hybridized carbons (Fsp3) is 0.0526. The molecule has 11 heteroatoms. The minimum atomic E-state index is -1.30. The fourth-order valence-electron chi connectivity index (χ4n) is 2.47. The van der Waals surface area contributed by atoms with Gasteiger partial charge in [0.1, 0.15) is 29.9 Å². The molecule has 150 valence electrons. The third-order valence-electron chi connectivity index (χ3n) is 3.83. The molecular weight excluding hydrogens is 417 g/mol. The number of carbonyl (C=O) groups excluding carboxylic acids is 1. The van der Waals surface area contributed by atoms with E-state index in [4.69, 9.17) is 22.0 Å². The number of anilines is 1. The normalized spacial score (nSPS) is 10.3. The Bertz CT molecular complexity index is 1270. The first kappa shape index (κ1) is 20.6. The smallest absolute Gasteiger partial charge is 0.335 e. The lowest BCUT2D eigenvalue weighted by Gasteiger charge is -2.09. The minimum absolute atomic E-state index is 0.0701. The van der Waals surface area contributed by atoms with E-state index in [1.54, 1.807) is 6.07 Å². The average Bonchev–Trinajstić information content (AvgIpc) is 2.71. The second kappa shape index (κ2) is 8.50. The van der Waals surface area contributed by atoms with Crippen LogP contribution in [-0.2, 0) is 11.3 Å². The predicted octanol–water partition coefficient (Wildman–Crippen LogP) is 2.31. The number of benzene rings is 1.